The number of carbonyl (C=O) groups excluding carboxylic acids is 1. The third-order valence-electron chi connectivity index (χ3n) is 2.49. The Labute approximate surface area is 139 Å². The fourth-order valence-electron chi connectivity index (χ4n) is 1.62. The zero-order valence-corrected chi connectivity index (χ0v) is 15.3. The summed E-state index contributed by atoms with van der Waals surface area (Å²) in [5.74, 6) is 0.430. The largest absolute Gasteiger partial charge is 0.409 e. The number of hydrogen-bond acceptors (Lipinski definition) is 4. The van der Waals surface area contributed by atoms with Gasteiger partial charge in [-0.25, -0.2) is 0 Å². The van der Waals surface area contributed by atoms with Gasteiger partial charge in [0.05, 0.1) is 8.66 Å². The van der Waals surface area contributed by atoms with Gasteiger partial charge in [-0.05, 0) is 43.8 Å². The molecular weight excluding hydrogens is 410 g/mol. The van der Waals surface area contributed by atoms with Gasteiger partial charge in [-0.15, -0.1) is 11.3 Å². The maximum atomic E-state index is 12.5. The summed E-state index contributed by atoms with van der Waals surface area (Å²) >= 11 is 8.15. The summed E-state index contributed by atoms with van der Waals surface area (Å²) in [6, 6.07) is 1.80. The molecule has 0 unspecified atom stereocenters. The molecule has 0 bridgehead atoms. The van der Waals surface area contributed by atoms with Crippen LogP contribution in [0.3, 0.4) is 0 Å². The highest BCUT2D eigenvalue weighted by atomic mass is 79.9. The van der Waals surface area contributed by atoms with Crippen LogP contribution in [0, 0.1) is 5.92 Å². The van der Waals surface area contributed by atoms with Gasteiger partial charge in [0.15, 0.2) is 0 Å². The number of oxime groups is 1. The maximum absolute atomic E-state index is 12.5. The van der Waals surface area contributed by atoms with Crippen LogP contribution >= 0.6 is 43.2 Å². The number of nitrogens with two attached hydrogens (primary N) is 1. The molecule has 1 rings (SSSR count). The number of halogens is 2. The SMILES string of the molecule is CC(C)CN(CCC(N)=NO)C(=O)c1cc(Br)c(Br)s1. The highest BCUT2D eigenvalue weighted by molar-refractivity contribution is 9.13. The predicted molar refractivity (Wildman–Crippen MR) is 88.5 cm³/mol. The van der Waals surface area contributed by atoms with Crippen LogP contribution in [-0.2, 0) is 0 Å². The molecule has 0 spiro atoms. The molecule has 1 aromatic rings. The first-order chi connectivity index (χ1) is 9.35. The van der Waals surface area contributed by atoms with Gasteiger partial charge in [0.25, 0.3) is 5.91 Å². The van der Waals surface area contributed by atoms with E-state index in [0.717, 1.165) is 8.26 Å². The van der Waals surface area contributed by atoms with Crippen molar-refractivity contribution in [1.82, 2.24) is 4.90 Å². The van der Waals surface area contributed by atoms with Crippen LogP contribution in [-0.4, -0.2) is 34.9 Å². The average Bonchev–Trinajstić information content (AvgIpc) is 2.73. The van der Waals surface area contributed by atoms with Crippen molar-refractivity contribution in [2.75, 3.05) is 13.1 Å². The van der Waals surface area contributed by atoms with Crippen molar-refractivity contribution in [1.29, 1.82) is 0 Å². The smallest absolute Gasteiger partial charge is 0.264 e. The lowest BCUT2D eigenvalue weighted by Gasteiger charge is -2.23. The number of rotatable bonds is 6. The minimum atomic E-state index is -0.0409. The number of nitrogens with zero attached hydrogens (tertiary/aromatic N) is 2. The lowest BCUT2D eigenvalue weighted by Crippen LogP contribution is -2.36. The Bertz CT molecular complexity index is 483. The van der Waals surface area contributed by atoms with Gasteiger partial charge in [-0.3, -0.25) is 4.79 Å². The Hall–Kier alpha value is -0.600. The molecule has 112 valence electrons. The number of amidine groups is 1. The van der Waals surface area contributed by atoms with E-state index in [1.165, 1.54) is 11.3 Å². The summed E-state index contributed by atoms with van der Waals surface area (Å²) in [4.78, 5) is 14.9. The molecule has 0 aliphatic carbocycles. The van der Waals surface area contributed by atoms with Gasteiger partial charge >= 0.3 is 0 Å². The monoisotopic (exact) mass is 425 g/mol. The highest BCUT2D eigenvalue weighted by Crippen LogP contribution is 2.33. The summed E-state index contributed by atoms with van der Waals surface area (Å²) in [7, 11) is 0. The molecule has 1 amide bonds. The van der Waals surface area contributed by atoms with E-state index in [4.69, 9.17) is 10.9 Å². The Balaban J connectivity index is 2.83. The molecular formula is C12H17Br2N3O2S. The fraction of sp³-hybridized carbons (Fsp3) is 0.500. The number of carbonyl (C=O) groups is 1. The molecule has 0 fully saturated rings. The van der Waals surface area contributed by atoms with E-state index in [9.17, 15) is 4.79 Å². The first-order valence-corrected chi connectivity index (χ1v) is 8.46. The van der Waals surface area contributed by atoms with Gasteiger partial charge in [0, 0.05) is 24.0 Å². The molecule has 8 heteroatoms. The zero-order valence-electron chi connectivity index (χ0n) is 11.3. The average molecular weight is 427 g/mol. The molecule has 0 aromatic carbocycles. The van der Waals surface area contributed by atoms with Crippen LogP contribution < -0.4 is 5.73 Å². The summed E-state index contributed by atoms with van der Waals surface area (Å²) in [6.45, 7) is 5.15. The predicted octanol–water partition coefficient (Wildman–Crippen LogP) is 3.51. The standard InChI is InChI=1S/C12H17Br2N3O2S/c1-7(2)6-17(4-3-10(15)16-19)12(18)9-5-8(13)11(14)20-9/h5,7,19H,3-4,6H2,1-2H3,(H2,15,16). The number of hydrogen-bond donors (Lipinski definition) is 2. The third kappa shape index (κ3) is 5.06. The van der Waals surface area contributed by atoms with Gasteiger partial charge in [-0.1, -0.05) is 19.0 Å². The summed E-state index contributed by atoms with van der Waals surface area (Å²) in [5, 5.41) is 11.5. The van der Waals surface area contributed by atoms with Gasteiger partial charge in [0.2, 0.25) is 0 Å². The van der Waals surface area contributed by atoms with E-state index in [2.05, 4.69) is 37.0 Å². The Morgan fingerprint density at radius 2 is 2.20 bits per heavy atom. The van der Waals surface area contributed by atoms with Crippen molar-refractivity contribution in [3.63, 3.8) is 0 Å². The van der Waals surface area contributed by atoms with Crippen LogP contribution in [0.5, 0.6) is 0 Å². The lowest BCUT2D eigenvalue weighted by molar-refractivity contribution is 0.0745. The van der Waals surface area contributed by atoms with E-state index in [0.29, 0.717) is 30.3 Å². The van der Waals surface area contributed by atoms with E-state index < -0.39 is 0 Å². The summed E-state index contributed by atoms with van der Waals surface area (Å²) in [6.07, 6.45) is 0.350. The van der Waals surface area contributed by atoms with E-state index >= 15 is 0 Å². The van der Waals surface area contributed by atoms with Crippen LogP contribution in [0.15, 0.2) is 19.5 Å². The minimum absolute atomic E-state index is 0.0409. The first kappa shape index (κ1) is 17.5. The molecule has 0 aliphatic heterocycles. The maximum Gasteiger partial charge on any atom is 0.264 e. The molecule has 5 nitrogen and oxygen atoms in total. The minimum Gasteiger partial charge on any atom is -0.409 e. The highest BCUT2D eigenvalue weighted by Gasteiger charge is 2.20. The Morgan fingerprint density at radius 3 is 2.65 bits per heavy atom. The topological polar surface area (TPSA) is 78.9 Å². The van der Waals surface area contributed by atoms with Crippen molar-refractivity contribution in [3.05, 3.63) is 19.2 Å². The zero-order chi connectivity index (χ0) is 15.3. The lowest BCUT2D eigenvalue weighted by atomic mass is 10.2. The molecule has 0 atom stereocenters. The third-order valence-corrected chi connectivity index (χ3v) is 5.74. The van der Waals surface area contributed by atoms with Gasteiger partial charge in [0.1, 0.15) is 5.84 Å². The van der Waals surface area contributed by atoms with E-state index in [-0.39, 0.29) is 11.7 Å². The van der Waals surface area contributed by atoms with Crippen molar-refractivity contribution in [2.24, 2.45) is 16.8 Å². The van der Waals surface area contributed by atoms with Crippen LogP contribution in [0.2, 0.25) is 0 Å². The summed E-state index contributed by atoms with van der Waals surface area (Å²) < 4.78 is 1.76. The molecule has 0 saturated carbocycles. The molecule has 0 saturated heterocycles. The molecule has 0 radical (unpaired) electrons. The van der Waals surface area contributed by atoms with Crippen LogP contribution in [0.4, 0.5) is 0 Å². The fourth-order valence-corrected chi connectivity index (χ4v) is 3.63. The van der Waals surface area contributed by atoms with Gasteiger partial charge in [-0.2, -0.15) is 0 Å². The second kappa shape index (κ2) is 7.99. The van der Waals surface area contributed by atoms with E-state index in [1.54, 1.807) is 11.0 Å². The Kier molecular flexibility index (Phi) is 6.97. The summed E-state index contributed by atoms with van der Waals surface area (Å²) in [5.41, 5.74) is 5.47. The first-order valence-electron chi connectivity index (χ1n) is 6.05. The second-order valence-electron chi connectivity index (χ2n) is 4.72. The number of amides is 1. The normalized spacial score (nSPS) is 11.9. The van der Waals surface area contributed by atoms with Gasteiger partial charge < -0.3 is 15.8 Å². The van der Waals surface area contributed by atoms with Crippen molar-refractivity contribution in [2.45, 2.75) is 20.3 Å². The van der Waals surface area contributed by atoms with Crippen LogP contribution in [0.1, 0.15) is 29.9 Å². The molecule has 1 aromatic heterocycles. The van der Waals surface area contributed by atoms with E-state index in [1.807, 2.05) is 13.8 Å². The molecule has 20 heavy (non-hydrogen) atoms. The number of thiophene rings is 1. The van der Waals surface area contributed by atoms with Crippen molar-refractivity contribution in [3.8, 4) is 0 Å². The molecule has 1 heterocycles. The van der Waals surface area contributed by atoms with Crippen molar-refractivity contribution < 1.29 is 10.0 Å². The molecule has 0 aliphatic rings. The Morgan fingerprint density at radius 1 is 1.55 bits per heavy atom. The van der Waals surface area contributed by atoms with Crippen LogP contribution in [0.25, 0.3) is 0 Å². The second-order valence-corrected chi connectivity index (χ2v) is 7.94. The van der Waals surface area contributed by atoms with Crippen molar-refractivity contribution >= 4 is 54.9 Å². The quantitative estimate of drug-likeness (QED) is 0.316. The molecule has 3 N–H and O–H groups in total.